The first kappa shape index (κ1) is 50.8. The van der Waals surface area contributed by atoms with E-state index in [-0.39, 0.29) is 0 Å². The summed E-state index contributed by atoms with van der Waals surface area (Å²) in [5.74, 6) is -1.97. The van der Waals surface area contributed by atoms with Gasteiger partial charge in [0.25, 0.3) is 0 Å². The summed E-state index contributed by atoms with van der Waals surface area (Å²) in [6.07, 6.45) is 43.1. The van der Waals surface area contributed by atoms with Gasteiger partial charge in [-0.25, -0.2) is 0 Å². The van der Waals surface area contributed by atoms with Gasteiger partial charge in [0.05, 0.1) is 0 Å². The van der Waals surface area contributed by atoms with Gasteiger partial charge in [0.15, 0.2) is 0 Å². The van der Waals surface area contributed by atoms with Crippen LogP contribution in [-0.2, 0) is 14.4 Å². The summed E-state index contributed by atoms with van der Waals surface area (Å²) >= 11 is 0. The molecule has 0 rings (SSSR count). The molecule has 288 valence electrons. The number of hydrogen-bond acceptors (Lipinski definition) is 3. The summed E-state index contributed by atoms with van der Waals surface area (Å²) in [6.45, 7) is 6.74. The Morgan fingerprint density at radius 1 is 0.250 bits per heavy atom. The van der Waals surface area contributed by atoms with Crippen LogP contribution in [-0.4, -0.2) is 33.2 Å². The van der Waals surface area contributed by atoms with Crippen LogP contribution in [0.5, 0.6) is 0 Å². The molecule has 0 aliphatic heterocycles. The predicted molar refractivity (Wildman–Crippen MR) is 206 cm³/mol. The Balaban J connectivity index is -0.000000638. The zero-order valence-electron chi connectivity index (χ0n) is 32.5. The summed E-state index contributed by atoms with van der Waals surface area (Å²) in [5, 5.41) is 25.4. The third-order valence-electron chi connectivity index (χ3n) is 8.98. The van der Waals surface area contributed by atoms with Gasteiger partial charge in [-0.1, -0.05) is 213 Å². The van der Waals surface area contributed by atoms with E-state index in [2.05, 4.69) is 20.8 Å². The Labute approximate surface area is 299 Å². The van der Waals surface area contributed by atoms with Crippen molar-refractivity contribution in [3.8, 4) is 0 Å². The largest absolute Gasteiger partial charge is 0.481 e. The minimum atomic E-state index is -0.659. The first-order valence-corrected chi connectivity index (χ1v) is 21.0. The van der Waals surface area contributed by atoms with Crippen molar-refractivity contribution >= 4 is 17.9 Å². The van der Waals surface area contributed by atoms with E-state index in [9.17, 15) is 14.4 Å². The van der Waals surface area contributed by atoms with E-state index in [1.807, 2.05) is 0 Å². The van der Waals surface area contributed by atoms with Crippen LogP contribution in [0.1, 0.15) is 252 Å². The molecular formula is C42H84O6. The van der Waals surface area contributed by atoms with Crippen molar-refractivity contribution in [1.82, 2.24) is 0 Å². The number of hydrogen-bond donors (Lipinski definition) is 3. The van der Waals surface area contributed by atoms with Crippen molar-refractivity contribution in [2.75, 3.05) is 0 Å². The molecule has 6 heteroatoms. The maximum absolute atomic E-state index is 10.3. The van der Waals surface area contributed by atoms with Crippen LogP contribution < -0.4 is 0 Å². The first-order chi connectivity index (χ1) is 23.3. The molecule has 0 fully saturated rings. The van der Waals surface area contributed by atoms with Crippen molar-refractivity contribution in [2.24, 2.45) is 0 Å². The van der Waals surface area contributed by atoms with Crippen molar-refractivity contribution in [2.45, 2.75) is 252 Å². The standard InChI is InChI=1S/C16H32O2.C14H28O2.C12H24O2/c1-2-3-4-5-6-7-8-9-10-11-12-13-14-15-16(17)18;1-2-3-4-5-6-7-8-9-10-11-12-13-14(15)16;1-2-3-4-5-6-7-8-9-10-11-12(13)14/h2-15H2,1H3,(H,17,18);2-13H2,1H3,(H,15,16);2-11H2,1H3,(H,13,14). The van der Waals surface area contributed by atoms with Gasteiger partial charge in [-0.3, -0.25) is 14.4 Å². The van der Waals surface area contributed by atoms with Crippen LogP contribution in [0, 0.1) is 0 Å². The highest BCUT2D eigenvalue weighted by molar-refractivity contribution is 5.67. The zero-order chi connectivity index (χ0) is 36.2. The second-order valence-electron chi connectivity index (χ2n) is 14.0. The molecule has 0 saturated heterocycles. The van der Waals surface area contributed by atoms with Crippen molar-refractivity contribution in [3.05, 3.63) is 0 Å². The molecule has 0 aromatic carbocycles. The highest BCUT2D eigenvalue weighted by Crippen LogP contribution is 2.14. The van der Waals surface area contributed by atoms with E-state index in [1.54, 1.807) is 0 Å². The van der Waals surface area contributed by atoms with Crippen LogP contribution in [0.25, 0.3) is 0 Å². The summed E-state index contributed by atoms with van der Waals surface area (Å²) in [5.41, 5.74) is 0. The number of carboxylic acid groups (broad SMARTS) is 3. The second-order valence-corrected chi connectivity index (χ2v) is 14.0. The number of aliphatic carboxylic acids is 3. The van der Waals surface area contributed by atoms with E-state index in [0.717, 1.165) is 38.5 Å². The number of carboxylic acids is 3. The van der Waals surface area contributed by atoms with E-state index < -0.39 is 17.9 Å². The lowest BCUT2D eigenvalue weighted by Gasteiger charge is -2.02. The minimum absolute atomic E-state index is 0.343. The van der Waals surface area contributed by atoms with E-state index in [1.165, 1.54) is 173 Å². The Bertz CT molecular complexity index is 636. The topological polar surface area (TPSA) is 112 Å². The third kappa shape index (κ3) is 59.8. The Kier molecular flexibility index (Phi) is 50.3. The van der Waals surface area contributed by atoms with Crippen LogP contribution in [0.15, 0.2) is 0 Å². The summed E-state index contributed by atoms with van der Waals surface area (Å²) in [7, 11) is 0. The lowest BCUT2D eigenvalue weighted by molar-refractivity contribution is -0.138. The molecule has 0 radical (unpaired) electrons. The summed E-state index contributed by atoms with van der Waals surface area (Å²) in [4.78, 5) is 30.8. The van der Waals surface area contributed by atoms with Gasteiger partial charge in [-0.15, -0.1) is 0 Å². The molecule has 0 saturated carbocycles. The normalized spacial score (nSPS) is 10.6. The highest BCUT2D eigenvalue weighted by atomic mass is 16.4. The molecular weight excluding hydrogens is 600 g/mol. The van der Waals surface area contributed by atoms with Crippen LogP contribution in [0.2, 0.25) is 0 Å². The lowest BCUT2D eigenvalue weighted by Crippen LogP contribution is -1.93. The van der Waals surface area contributed by atoms with E-state index in [4.69, 9.17) is 15.3 Å². The van der Waals surface area contributed by atoms with Gasteiger partial charge in [0.2, 0.25) is 0 Å². The monoisotopic (exact) mass is 685 g/mol. The fourth-order valence-corrected chi connectivity index (χ4v) is 5.82. The van der Waals surface area contributed by atoms with Crippen molar-refractivity contribution in [1.29, 1.82) is 0 Å². The molecule has 0 bridgehead atoms. The molecule has 0 unspecified atom stereocenters. The molecule has 0 atom stereocenters. The summed E-state index contributed by atoms with van der Waals surface area (Å²) in [6, 6.07) is 0. The Morgan fingerprint density at radius 3 is 0.500 bits per heavy atom. The molecule has 0 aliphatic rings. The predicted octanol–water partition coefficient (Wildman–Crippen LogP) is 14.3. The Hall–Kier alpha value is -1.59. The first-order valence-electron chi connectivity index (χ1n) is 21.0. The fourth-order valence-electron chi connectivity index (χ4n) is 5.82. The maximum atomic E-state index is 10.3. The molecule has 3 N–H and O–H groups in total. The molecule has 0 aromatic heterocycles. The minimum Gasteiger partial charge on any atom is -0.481 e. The number of carbonyl (C=O) groups is 3. The Morgan fingerprint density at radius 2 is 0.375 bits per heavy atom. The van der Waals surface area contributed by atoms with Gasteiger partial charge in [-0.05, 0) is 19.3 Å². The number of unbranched alkanes of at least 4 members (excludes halogenated alkanes) is 30. The van der Waals surface area contributed by atoms with Gasteiger partial charge in [0, 0.05) is 19.3 Å². The van der Waals surface area contributed by atoms with Gasteiger partial charge in [-0.2, -0.15) is 0 Å². The molecule has 0 spiro atoms. The average Bonchev–Trinajstić information content (AvgIpc) is 3.05. The SMILES string of the molecule is CCCCCCCCCCCC(=O)O.CCCCCCCCCCCCCC(=O)O.CCCCCCCCCCCCCCCC(=O)O. The number of rotatable bonds is 36. The third-order valence-corrected chi connectivity index (χ3v) is 8.98. The molecule has 0 heterocycles. The van der Waals surface area contributed by atoms with E-state index in [0.29, 0.717) is 19.3 Å². The van der Waals surface area contributed by atoms with Crippen LogP contribution in [0.4, 0.5) is 0 Å². The molecule has 6 nitrogen and oxygen atoms in total. The van der Waals surface area contributed by atoms with Crippen molar-refractivity contribution in [3.63, 3.8) is 0 Å². The van der Waals surface area contributed by atoms with Gasteiger partial charge >= 0.3 is 17.9 Å². The van der Waals surface area contributed by atoms with Gasteiger partial charge in [0.1, 0.15) is 0 Å². The van der Waals surface area contributed by atoms with Crippen LogP contribution >= 0.6 is 0 Å². The fraction of sp³-hybridized carbons (Fsp3) is 0.929. The van der Waals surface area contributed by atoms with Crippen molar-refractivity contribution < 1.29 is 29.7 Å². The lowest BCUT2D eigenvalue weighted by atomic mass is 10.0. The molecule has 0 amide bonds. The maximum Gasteiger partial charge on any atom is 0.303 e. The van der Waals surface area contributed by atoms with Crippen LogP contribution in [0.3, 0.4) is 0 Å². The molecule has 0 aliphatic carbocycles. The second kappa shape index (κ2) is 47.5. The van der Waals surface area contributed by atoms with Gasteiger partial charge < -0.3 is 15.3 Å². The summed E-state index contributed by atoms with van der Waals surface area (Å²) < 4.78 is 0. The van der Waals surface area contributed by atoms with E-state index >= 15 is 0 Å². The molecule has 0 aromatic rings. The average molecular weight is 685 g/mol. The highest BCUT2D eigenvalue weighted by Gasteiger charge is 1.99. The quantitative estimate of drug-likeness (QED) is 0.0566. The smallest absolute Gasteiger partial charge is 0.303 e. The molecule has 48 heavy (non-hydrogen) atoms. The zero-order valence-corrected chi connectivity index (χ0v) is 32.5.